The van der Waals surface area contributed by atoms with Crippen LogP contribution in [0, 0.1) is 0 Å². The van der Waals surface area contributed by atoms with Crippen LogP contribution in [0.1, 0.15) is 11.1 Å². The van der Waals surface area contributed by atoms with E-state index >= 15 is 0 Å². The predicted octanol–water partition coefficient (Wildman–Crippen LogP) is 5.02. The summed E-state index contributed by atoms with van der Waals surface area (Å²) in [7, 11) is 1.51. The molecule has 0 bridgehead atoms. The van der Waals surface area contributed by atoms with Crippen LogP contribution in [0.15, 0.2) is 64.2 Å². The van der Waals surface area contributed by atoms with Crippen molar-refractivity contribution in [3.63, 3.8) is 0 Å². The van der Waals surface area contributed by atoms with Gasteiger partial charge in [-0.3, -0.25) is 0 Å². The summed E-state index contributed by atoms with van der Waals surface area (Å²) in [6.07, 6.45) is 3.19. The Labute approximate surface area is 170 Å². The molecule has 7 heteroatoms. The molecular formula is C20H15BrClNO4. The second-order valence-corrected chi connectivity index (χ2v) is 6.80. The summed E-state index contributed by atoms with van der Waals surface area (Å²) in [5.41, 5.74) is 1.50. The fourth-order valence-electron chi connectivity index (χ4n) is 2.42. The first kappa shape index (κ1) is 19.2. The third-order valence-electron chi connectivity index (χ3n) is 3.59. The van der Waals surface area contributed by atoms with E-state index in [4.69, 9.17) is 25.8 Å². The Morgan fingerprint density at radius 2 is 2.15 bits per heavy atom. The van der Waals surface area contributed by atoms with E-state index in [-0.39, 0.29) is 11.6 Å². The molecule has 138 valence electrons. The predicted molar refractivity (Wildman–Crippen MR) is 108 cm³/mol. The van der Waals surface area contributed by atoms with Crippen LogP contribution in [0.2, 0.25) is 5.02 Å². The van der Waals surface area contributed by atoms with Crippen molar-refractivity contribution < 1.29 is 19.0 Å². The molecule has 1 heterocycles. The third-order valence-corrected chi connectivity index (χ3v) is 4.37. The Morgan fingerprint density at radius 3 is 2.85 bits per heavy atom. The zero-order valence-electron chi connectivity index (χ0n) is 14.4. The number of esters is 1. The Bertz CT molecular complexity index is 968. The van der Waals surface area contributed by atoms with E-state index in [0.29, 0.717) is 34.3 Å². The number of carbonyl (C=O) groups excluding carboxylic acids is 1. The van der Waals surface area contributed by atoms with Crippen LogP contribution >= 0.6 is 27.5 Å². The lowest BCUT2D eigenvalue weighted by molar-refractivity contribution is -0.129. The SMILES string of the molecule is C=CCOc1c(Cl)cc(/C=C2\N=C(c3cccc(Br)c3)OC2=O)cc1OC. The Morgan fingerprint density at radius 1 is 1.33 bits per heavy atom. The number of cyclic esters (lactones) is 1. The number of methoxy groups -OCH3 is 1. The van der Waals surface area contributed by atoms with E-state index in [1.807, 2.05) is 24.3 Å². The number of ether oxygens (including phenoxy) is 3. The van der Waals surface area contributed by atoms with Gasteiger partial charge < -0.3 is 14.2 Å². The van der Waals surface area contributed by atoms with Crippen LogP contribution in [0.4, 0.5) is 0 Å². The van der Waals surface area contributed by atoms with Gasteiger partial charge in [-0.1, -0.05) is 46.3 Å². The first-order valence-corrected chi connectivity index (χ1v) is 9.08. The van der Waals surface area contributed by atoms with Crippen LogP contribution in [-0.2, 0) is 9.53 Å². The van der Waals surface area contributed by atoms with E-state index in [2.05, 4.69) is 27.5 Å². The average Bonchev–Trinajstić information content (AvgIpc) is 3.01. The second kappa shape index (κ2) is 8.41. The van der Waals surface area contributed by atoms with Crippen molar-refractivity contribution in [2.24, 2.45) is 4.99 Å². The molecule has 0 saturated carbocycles. The van der Waals surface area contributed by atoms with Gasteiger partial charge in [-0.15, -0.1) is 0 Å². The number of rotatable bonds is 6. The number of halogens is 2. The summed E-state index contributed by atoms with van der Waals surface area (Å²) >= 11 is 9.67. The van der Waals surface area contributed by atoms with Crippen LogP contribution < -0.4 is 9.47 Å². The van der Waals surface area contributed by atoms with Crippen molar-refractivity contribution in [3.8, 4) is 11.5 Å². The molecule has 2 aromatic carbocycles. The second-order valence-electron chi connectivity index (χ2n) is 5.48. The average molecular weight is 449 g/mol. The molecule has 1 aliphatic heterocycles. The van der Waals surface area contributed by atoms with Crippen molar-refractivity contribution in [3.05, 3.63) is 75.4 Å². The van der Waals surface area contributed by atoms with Crippen molar-refractivity contribution in [1.29, 1.82) is 0 Å². The molecule has 0 aliphatic carbocycles. The van der Waals surface area contributed by atoms with Gasteiger partial charge in [0.1, 0.15) is 6.61 Å². The molecule has 0 aromatic heterocycles. The first-order chi connectivity index (χ1) is 13.0. The minimum atomic E-state index is -0.535. The maximum Gasteiger partial charge on any atom is 0.363 e. The number of hydrogen-bond acceptors (Lipinski definition) is 5. The quantitative estimate of drug-likeness (QED) is 0.354. The standard InChI is InChI=1S/C20H15BrClNO4/c1-3-7-26-18-15(22)8-12(10-17(18)25-2)9-16-20(24)27-19(23-16)13-5-4-6-14(21)11-13/h3-6,8-11H,1,7H2,2H3/b16-9-. The van der Waals surface area contributed by atoms with E-state index in [0.717, 1.165) is 4.47 Å². The maximum absolute atomic E-state index is 12.2. The summed E-state index contributed by atoms with van der Waals surface area (Å²) in [5, 5.41) is 0.352. The summed E-state index contributed by atoms with van der Waals surface area (Å²) in [4.78, 5) is 16.5. The maximum atomic E-state index is 12.2. The summed E-state index contributed by atoms with van der Waals surface area (Å²) in [5.74, 6) is 0.566. The minimum absolute atomic E-state index is 0.169. The van der Waals surface area contributed by atoms with Crippen LogP contribution in [0.3, 0.4) is 0 Å². The minimum Gasteiger partial charge on any atom is -0.493 e. The van der Waals surface area contributed by atoms with Gasteiger partial charge in [0, 0.05) is 10.0 Å². The molecule has 0 unspecified atom stereocenters. The van der Waals surface area contributed by atoms with Gasteiger partial charge in [-0.25, -0.2) is 9.79 Å². The highest BCUT2D eigenvalue weighted by Gasteiger charge is 2.24. The Balaban J connectivity index is 1.95. The third kappa shape index (κ3) is 4.40. The molecule has 1 aliphatic rings. The number of aliphatic imine (C=N–C) groups is 1. The van der Waals surface area contributed by atoms with Gasteiger partial charge in [0.25, 0.3) is 0 Å². The van der Waals surface area contributed by atoms with Crippen molar-refractivity contribution in [2.75, 3.05) is 13.7 Å². The molecule has 0 spiro atoms. The number of nitrogens with zero attached hydrogens (tertiary/aromatic N) is 1. The lowest BCUT2D eigenvalue weighted by atomic mass is 10.1. The summed E-state index contributed by atoms with van der Waals surface area (Å²) < 4.78 is 17.0. The lowest BCUT2D eigenvalue weighted by Gasteiger charge is -2.12. The number of carbonyl (C=O) groups is 1. The van der Waals surface area contributed by atoms with Gasteiger partial charge in [0.15, 0.2) is 17.2 Å². The van der Waals surface area contributed by atoms with Gasteiger partial charge in [-0.05, 0) is 42.0 Å². The molecular weight excluding hydrogens is 434 g/mol. The van der Waals surface area contributed by atoms with Crippen molar-refractivity contribution in [2.45, 2.75) is 0 Å². The van der Waals surface area contributed by atoms with E-state index < -0.39 is 5.97 Å². The van der Waals surface area contributed by atoms with Gasteiger partial charge in [0.2, 0.25) is 5.90 Å². The summed E-state index contributed by atoms with van der Waals surface area (Å²) in [6.45, 7) is 3.90. The molecule has 3 rings (SSSR count). The highest BCUT2D eigenvalue weighted by molar-refractivity contribution is 9.10. The van der Waals surface area contributed by atoms with E-state index in [9.17, 15) is 4.79 Å². The monoisotopic (exact) mass is 447 g/mol. The molecule has 0 atom stereocenters. The highest BCUT2D eigenvalue weighted by atomic mass is 79.9. The van der Waals surface area contributed by atoms with Gasteiger partial charge in [0.05, 0.1) is 12.1 Å². The zero-order chi connectivity index (χ0) is 19.4. The molecule has 0 saturated heterocycles. The van der Waals surface area contributed by atoms with E-state index in [1.165, 1.54) is 7.11 Å². The highest BCUT2D eigenvalue weighted by Crippen LogP contribution is 2.37. The molecule has 5 nitrogen and oxygen atoms in total. The normalized spacial score (nSPS) is 14.7. The Hall–Kier alpha value is -2.57. The Kier molecular flexibility index (Phi) is 5.98. The molecule has 0 amide bonds. The molecule has 27 heavy (non-hydrogen) atoms. The van der Waals surface area contributed by atoms with Crippen LogP contribution in [0.25, 0.3) is 6.08 Å². The fourth-order valence-corrected chi connectivity index (χ4v) is 3.09. The molecule has 0 N–H and O–H groups in total. The first-order valence-electron chi connectivity index (χ1n) is 7.91. The van der Waals surface area contributed by atoms with Crippen molar-refractivity contribution >= 4 is 45.5 Å². The lowest BCUT2D eigenvalue weighted by Crippen LogP contribution is -2.05. The van der Waals surface area contributed by atoms with Crippen molar-refractivity contribution in [1.82, 2.24) is 0 Å². The fraction of sp³-hybridized carbons (Fsp3) is 0.100. The molecule has 0 fully saturated rings. The number of benzene rings is 2. The number of hydrogen-bond donors (Lipinski definition) is 0. The topological polar surface area (TPSA) is 57.1 Å². The van der Waals surface area contributed by atoms with E-state index in [1.54, 1.807) is 24.3 Å². The molecule has 0 radical (unpaired) electrons. The van der Waals surface area contributed by atoms with Gasteiger partial charge >= 0.3 is 5.97 Å². The molecule has 2 aromatic rings. The van der Waals surface area contributed by atoms with Gasteiger partial charge in [-0.2, -0.15) is 0 Å². The largest absolute Gasteiger partial charge is 0.493 e. The summed E-state index contributed by atoms with van der Waals surface area (Å²) in [6, 6.07) is 10.7. The zero-order valence-corrected chi connectivity index (χ0v) is 16.7. The smallest absolute Gasteiger partial charge is 0.363 e. The van der Waals surface area contributed by atoms with Crippen LogP contribution in [0.5, 0.6) is 11.5 Å². The van der Waals surface area contributed by atoms with Crippen LogP contribution in [-0.4, -0.2) is 25.6 Å².